The van der Waals surface area contributed by atoms with Gasteiger partial charge in [-0.2, -0.15) is 0 Å². The van der Waals surface area contributed by atoms with Crippen molar-refractivity contribution in [2.45, 2.75) is 6.36 Å². The lowest BCUT2D eigenvalue weighted by atomic mass is 10.1. The molecule has 1 aliphatic heterocycles. The number of aromatic nitrogens is 3. The second-order valence-corrected chi connectivity index (χ2v) is 9.06. The molecule has 0 saturated carbocycles. The predicted molar refractivity (Wildman–Crippen MR) is 127 cm³/mol. The third-order valence-electron chi connectivity index (χ3n) is 5.36. The average molecular weight is 540 g/mol. The molecule has 1 aliphatic rings. The lowest BCUT2D eigenvalue weighted by molar-refractivity contribution is -0.274. The van der Waals surface area contributed by atoms with E-state index < -0.39 is 41.0 Å². The summed E-state index contributed by atoms with van der Waals surface area (Å²) in [5.41, 5.74) is -0.870. The van der Waals surface area contributed by atoms with Crippen molar-refractivity contribution in [3.05, 3.63) is 48.0 Å². The summed E-state index contributed by atoms with van der Waals surface area (Å²) in [7, 11) is 1.92. The normalized spacial score (nSPS) is 14.8. The number of hydrogen-bond acceptors (Lipinski definition) is 9. The van der Waals surface area contributed by atoms with Gasteiger partial charge in [0, 0.05) is 44.1 Å². The molecule has 3 aromatic rings. The van der Waals surface area contributed by atoms with Gasteiger partial charge in [0.1, 0.15) is 5.69 Å². The first-order chi connectivity index (χ1) is 17.6. The Morgan fingerprint density at radius 1 is 1.11 bits per heavy atom. The molecule has 0 atom stereocenters. The Hall–Kier alpha value is -3.69. The zero-order valence-corrected chi connectivity index (χ0v) is 20.2. The van der Waals surface area contributed by atoms with E-state index in [0.29, 0.717) is 36.8 Å². The third kappa shape index (κ3) is 6.96. The van der Waals surface area contributed by atoms with Gasteiger partial charge >= 0.3 is 6.36 Å². The van der Waals surface area contributed by atoms with Gasteiger partial charge in [0.15, 0.2) is 16.6 Å². The summed E-state index contributed by atoms with van der Waals surface area (Å²) in [6.07, 6.45) is -2.03. The molecule has 0 spiro atoms. The van der Waals surface area contributed by atoms with Gasteiger partial charge in [0.05, 0.1) is 12.1 Å². The standard InChI is InChI=1S/C22H21F4N7O3S/c1-32-7-9-33(10-8-32)12-16(34)28-18-15(36-22(24,25)26)5-4-14(17(18)23)19(35)29-21-31-30-20(37-21)13-3-2-6-27-11-13/h2-6,11H,7-10,12H2,1H3,(H,28,34)(H,29,31,35). The van der Waals surface area contributed by atoms with Crippen molar-refractivity contribution in [2.24, 2.45) is 0 Å². The number of likely N-dealkylation sites (N-methyl/N-ethyl adjacent to an activating group) is 1. The Morgan fingerprint density at radius 3 is 2.54 bits per heavy atom. The summed E-state index contributed by atoms with van der Waals surface area (Å²) >= 11 is 0.992. The summed E-state index contributed by atoms with van der Waals surface area (Å²) in [4.78, 5) is 33.1. The second kappa shape index (κ2) is 11.1. The van der Waals surface area contributed by atoms with Gasteiger partial charge in [-0.3, -0.25) is 24.8 Å². The zero-order chi connectivity index (χ0) is 26.6. The SMILES string of the molecule is CN1CCN(CC(=O)Nc2c(OC(F)(F)F)ccc(C(=O)Nc3nnc(-c4cccnc4)s3)c2F)CC1. The maximum absolute atomic E-state index is 15.3. The highest BCUT2D eigenvalue weighted by molar-refractivity contribution is 7.18. The molecule has 0 aliphatic carbocycles. The van der Waals surface area contributed by atoms with Crippen molar-refractivity contribution in [1.82, 2.24) is 25.0 Å². The van der Waals surface area contributed by atoms with E-state index in [1.54, 1.807) is 29.4 Å². The van der Waals surface area contributed by atoms with E-state index in [9.17, 15) is 22.8 Å². The monoisotopic (exact) mass is 539 g/mol. The molecule has 15 heteroatoms. The zero-order valence-electron chi connectivity index (χ0n) is 19.4. The Balaban J connectivity index is 1.53. The molecule has 0 unspecified atom stereocenters. The van der Waals surface area contributed by atoms with E-state index in [2.05, 4.69) is 35.5 Å². The number of nitrogens with zero attached hydrogens (tertiary/aromatic N) is 5. The largest absolute Gasteiger partial charge is 0.573 e. The smallest absolute Gasteiger partial charge is 0.403 e. The van der Waals surface area contributed by atoms with Crippen LogP contribution in [0, 0.1) is 5.82 Å². The van der Waals surface area contributed by atoms with Gasteiger partial charge < -0.3 is 15.0 Å². The van der Waals surface area contributed by atoms with Gasteiger partial charge in [-0.25, -0.2) is 4.39 Å². The Kier molecular flexibility index (Phi) is 7.94. The molecule has 2 N–H and O–H groups in total. The number of benzene rings is 1. The van der Waals surface area contributed by atoms with E-state index in [0.717, 1.165) is 23.5 Å². The van der Waals surface area contributed by atoms with Gasteiger partial charge in [-0.05, 0) is 31.3 Å². The van der Waals surface area contributed by atoms with Crippen LogP contribution in [0.3, 0.4) is 0 Å². The molecule has 4 rings (SSSR count). The van der Waals surface area contributed by atoms with Crippen molar-refractivity contribution >= 4 is 34.0 Å². The second-order valence-electron chi connectivity index (χ2n) is 8.08. The van der Waals surface area contributed by atoms with Crippen LogP contribution < -0.4 is 15.4 Å². The first kappa shape index (κ1) is 26.4. The number of rotatable bonds is 7. The Labute approximate surface area is 212 Å². The highest BCUT2D eigenvalue weighted by Crippen LogP contribution is 2.35. The quantitative estimate of drug-likeness (QED) is 0.441. The fraction of sp³-hybridized carbons (Fsp3) is 0.318. The van der Waals surface area contributed by atoms with E-state index in [1.165, 1.54) is 0 Å². The molecule has 10 nitrogen and oxygen atoms in total. The topological polar surface area (TPSA) is 113 Å². The molecule has 3 heterocycles. The first-order valence-corrected chi connectivity index (χ1v) is 11.7. The van der Waals surface area contributed by atoms with Crippen LogP contribution in [0.2, 0.25) is 0 Å². The van der Waals surface area contributed by atoms with Crippen molar-refractivity contribution in [3.8, 4) is 16.3 Å². The molecule has 37 heavy (non-hydrogen) atoms. The van der Waals surface area contributed by atoms with Gasteiger partial charge in [0.2, 0.25) is 11.0 Å². The maximum Gasteiger partial charge on any atom is 0.573 e. The number of carbonyl (C=O) groups is 2. The molecule has 1 saturated heterocycles. The van der Waals surface area contributed by atoms with Crippen LogP contribution >= 0.6 is 11.3 Å². The number of halogens is 4. The van der Waals surface area contributed by atoms with Crippen LogP contribution in [0.4, 0.5) is 28.4 Å². The average Bonchev–Trinajstić information content (AvgIpc) is 3.31. The molecule has 2 aromatic heterocycles. The van der Waals surface area contributed by atoms with Gasteiger partial charge in [0.25, 0.3) is 5.91 Å². The minimum atomic E-state index is -5.15. The van der Waals surface area contributed by atoms with Crippen molar-refractivity contribution in [1.29, 1.82) is 0 Å². The van der Waals surface area contributed by atoms with E-state index in [1.807, 2.05) is 7.05 Å². The van der Waals surface area contributed by atoms with Crippen molar-refractivity contribution in [2.75, 3.05) is 50.4 Å². The van der Waals surface area contributed by atoms with Gasteiger partial charge in [-0.15, -0.1) is 23.4 Å². The van der Waals surface area contributed by atoms with E-state index in [4.69, 9.17) is 0 Å². The van der Waals surface area contributed by atoms with Crippen LogP contribution in [0.25, 0.3) is 10.6 Å². The minimum Gasteiger partial charge on any atom is -0.403 e. The summed E-state index contributed by atoms with van der Waals surface area (Å²) < 4.78 is 58.0. The van der Waals surface area contributed by atoms with Crippen LogP contribution in [0.1, 0.15) is 10.4 Å². The Morgan fingerprint density at radius 2 is 1.86 bits per heavy atom. The summed E-state index contributed by atoms with van der Waals surface area (Å²) in [5.74, 6) is -4.12. The molecule has 0 bridgehead atoms. The van der Waals surface area contributed by atoms with Crippen LogP contribution in [0.15, 0.2) is 36.7 Å². The number of alkyl halides is 3. The van der Waals surface area contributed by atoms with E-state index in [-0.39, 0.29) is 11.7 Å². The molecule has 0 radical (unpaired) electrons. The molecular formula is C22H21F4N7O3S. The summed E-state index contributed by atoms with van der Waals surface area (Å²) in [5, 5.41) is 12.7. The number of ether oxygens (including phenoxy) is 1. The summed E-state index contributed by atoms with van der Waals surface area (Å²) in [6, 6.07) is 5.01. The highest BCUT2D eigenvalue weighted by Gasteiger charge is 2.34. The van der Waals surface area contributed by atoms with Crippen LogP contribution in [-0.4, -0.2) is 82.9 Å². The number of pyridine rings is 1. The van der Waals surface area contributed by atoms with E-state index >= 15 is 4.39 Å². The predicted octanol–water partition coefficient (Wildman–Crippen LogP) is 3.08. The van der Waals surface area contributed by atoms with Crippen LogP contribution in [0.5, 0.6) is 5.75 Å². The summed E-state index contributed by atoms with van der Waals surface area (Å²) in [6.45, 7) is 2.35. The Bertz CT molecular complexity index is 1260. The number of amides is 2. The number of anilines is 2. The number of nitrogens with one attached hydrogen (secondary N) is 2. The third-order valence-corrected chi connectivity index (χ3v) is 6.24. The maximum atomic E-state index is 15.3. The molecular weight excluding hydrogens is 518 g/mol. The molecule has 2 amide bonds. The minimum absolute atomic E-state index is 0.0273. The molecule has 1 aromatic carbocycles. The van der Waals surface area contributed by atoms with Crippen molar-refractivity contribution in [3.63, 3.8) is 0 Å². The lowest BCUT2D eigenvalue weighted by Gasteiger charge is -2.31. The fourth-order valence-electron chi connectivity index (χ4n) is 3.49. The number of carbonyl (C=O) groups excluding carboxylic acids is 2. The number of piperazine rings is 1. The van der Waals surface area contributed by atoms with Crippen molar-refractivity contribution < 1.29 is 31.9 Å². The molecule has 196 valence electrons. The van der Waals surface area contributed by atoms with Crippen LogP contribution in [-0.2, 0) is 4.79 Å². The molecule has 1 fully saturated rings. The van der Waals surface area contributed by atoms with Gasteiger partial charge in [-0.1, -0.05) is 11.3 Å². The fourth-order valence-corrected chi connectivity index (χ4v) is 4.22. The highest BCUT2D eigenvalue weighted by atomic mass is 32.1. The first-order valence-electron chi connectivity index (χ1n) is 10.9. The lowest BCUT2D eigenvalue weighted by Crippen LogP contribution is -2.47. The number of hydrogen-bond donors (Lipinski definition) is 2.